The topological polar surface area (TPSA) is 88.2 Å². The second-order valence-electron chi connectivity index (χ2n) is 5.50. The van der Waals surface area contributed by atoms with Gasteiger partial charge in [-0.2, -0.15) is 0 Å². The van der Waals surface area contributed by atoms with E-state index in [2.05, 4.69) is 15.0 Å². The first kappa shape index (κ1) is 15.4. The summed E-state index contributed by atoms with van der Waals surface area (Å²) in [6.45, 7) is 3.59. The van der Waals surface area contributed by atoms with E-state index in [0.29, 0.717) is 31.1 Å². The maximum Gasteiger partial charge on any atom is 0.264 e. The molecule has 1 amide bonds. The molecule has 3 rings (SSSR count). The van der Waals surface area contributed by atoms with Crippen LogP contribution in [0.3, 0.4) is 0 Å². The van der Waals surface area contributed by atoms with E-state index in [9.17, 15) is 9.59 Å². The zero-order chi connectivity index (χ0) is 16.2. The van der Waals surface area contributed by atoms with Crippen LogP contribution in [0.25, 0.3) is 11.4 Å². The average Bonchev–Trinajstić information content (AvgIpc) is 2.79. The third-order valence-corrected chi connectivity index (χ3v) is 3.70. The summed E-state index contributed by atoms with van der Waals surface area (Å²) < 4.78 is 5.52. The number of H-pyrrole nitrogens is 1. The number of hydrogen-bond acceptors (Lipinski definition) is 5. The van der Waals surface area contributed by atoms with Crippen molar-refractivity contribution in [3.8, 4) is 11.4 Å². The third-order valence-electron chi connectivity index (χ3n) is 3.70. The summed E-state index contributed by atoms with van der Waals surface area (Å²) in [5.74, 6) is 0.0843. The van der Waals surface area contributed by atoms with Crippen molar-refractivity contribution in [3.05, 3.63) is 46.6 Å². The van der Waals surface area contributed by atoms with Crippen LogP contribution in [0, 0.1) is 0 Å². The molecule has 1 N–H and O–H groups in total. The lowest BCUT2D eigenvalue weighted by atomic mass is 10.2. The largest absolute Gasteiger partial charge is 0.377 e. The molecule has 1 fully saturated rings. The maximum absolute atomic E-state index is 12.6. The lowest BCUT2D eigenvalue weighted by molar-refractivity contribution is 0.0561. The van der Waals surface area contributed by atoms with Crippen LogP contribution in [-0.4, -0.2) is 51.6 Å². The second kappa shape index (κ2) is 6.70. The minimum Gasteiger partial charge on any atom is -0.377 e. The third kappa shape index (κ3) is 3.45. The quantitative estimate of drug-likeness (QED) is 0.896. The number of carbonyl (C=O) groups excluding carboxylic acids is 1. The standard InChI is InChI=1S/C16H18N4O3/c1-11-10-20(6-3-7-23-11)16(22)13-9-18-14(19-15(13)21)12-4-2-5-17-8-12/h2,4-5,8-9,11H,3,6-7,10H2,1H3,(H,18,19,21). The molecule has 0 aromatic carbocycles. The maximum atomic E-state index is 12.6. The smallest absolute Gasteiger partial charge is 0.264 e. The molecule has 7 nitrogen and oxygen atoms in total. The monoisotopic (exact) mass is 314 g/mol. The van der Waals surface area contributed by atoms with E-state index >= 15 is 0 Å². The molecule has 1 saturated heterocycles. The Labute approximate surface area is 133 Å². The van der Waals surface area contributed by atoms with Gasteiger partial charge < -0.3 is 14.6 Å². The number of aromatic nitrogens is 3. The highest BCUT2D eigenvalue weighted by atomic mass is 16.5. The fourth-order valence-electron chi connectivity index (χ4n) is 2.55. The zero-order valence-electron chi connectivity index (χ0n) is 12.9. The van der Waals surface area contributed by atoms with E-state index in [1.54, 1.807) is 29.4 Å². The highest BCUT2D eigenvalue weighted by molar-refractivity contribution is 5.93. The number of ether oxygens (including phenoxy) is 1. The summed E-state index contributed by atoms with van der Waals surface area (Å²) in [5.41, 5.74) is 0.300. The molecule has 23 heavy (non-hydrogen) atoms. The van der Waals surface area contributed by atoms with Gasteiger partial charge in [0, 0.05) is 43.9 Å². The van der Waals surface area contributed by atoms with Gasteiger partial charge in [-0.25, -0.2) is 4.98 Å². The second-order valence-corrected chi connectivity index (χ2v) is 5.50. The van der Waals surface area contributed by atoms with Crippen molar-refractivity contribution in [2.24, 2.45) is 0 Å². The number of rotatable bonds is 2. The number of nitrogens with one attached hydrogen (secondary N) is 1. The van der Waals surface area contributed by atoms with E-state index in [4.69, 9.17) is 4.74 Å². The van der Waals surface area contributed by atoms with E-state index < -0.39 is 5.56 Å². The molecular weight excluding hydrogens is 296 g/mol. The molecule has 1 atom stereocenters. The van der Waals surface area contributed by atoms with Crippen LogP contribution in [0.5, 0.6) is 0 Å². The first-order valence-electron chi connectivity index (χ1n) is 7.56. The minimum atomic E-state index is -0.443. The van der Waals surface area contributed by atoms with Gasteiger partial charge in [0.25, 0.3) is 11.5 Å². The molecule has 3 heterocycles. The van der Waals surface area contributed by atoms with Gasteiger partial charge >= 0.3 is 0 Å². The Balaban J connectivity index is 1.86. The highest BCUT2D eigenvalue weighted by Gasteiger charge is 2.23. The van der Waals surface area contributed by atoms with Gasteiger partial charge in [0.15, 0.2) is 0 Å². The predicted octanol–water partition coefficient (Wildman–Crippen LogP) is 1.08. The summed E-state index contributed by atoms with van der Waals surface area (Å²) in [4.78, 5) is 37.3. The summed E-state index contributed by atoms with van der Waals surface area (Å²) in [6.07, 6.45) is 5.30. The average molecular weight is 314 g/mol. The molecule has 0 radical (unpaired) electrons. The van der Waals surface area contributed by atoms with Crippen LogP contribution in [-0.2, 0) is 4.74 Å². The number of pyridine rings is 1. The van der Waals surface area contributed by atoms with Crippen molar-refractivity contribution in [1.29, 1.82) is 0 Å². The molecule has 1 aliphatic heterocycles. The normalized spacial score (nSPS) is 18.5. The predicted molar refractivity (Wildman–Crippen MR) is 84.0 cm³/mol. The van der Waals surface area contributed by atoms with E-state index in [1.165, 1.54) is 6.20 Å². The van der Waals surface area contributed by atoms with Gasteiger partial charge in [0.1, 0.15) is 11.4 Å². The zero-order valence-corrected chi connectivity index (χ0v) is 12.9. The number of carbonyl (C=O) groups is 1. The van der Waals surface area contributed by atoms with Crippen molar-refractivity contribution in [2.45, 2.75) is 19.4 Å². The highest BCUT2D eigenvalue weighted by Crippen LogP contribution is 2.12. The van der Waals surface area contributed by atoms with Crippen LogP contribution >= 0.6 is 0 Å². The van der Waals surface area contributed by atoms with Gasteiger partial charge in [-0.05, 0) is 25.5 Å². The van der Waals surface area contributed by atoms with Gasteiger partial charge in [-0.15, -0.1) is 0 Å². The summed E-state index contributed by atoms with van der Waals surface area (Å²) in [6, 6.07) is 3.55. The molecule has 0 spiro atoms. The Morgan fingerprint density at radius 3 is 3.04 bits per heavy atom. The Kier molecular flexibility index (Phi) is 4.47. The lowest BCUT2D eigenvalue weighted by Gasteiger charge is -2.21. The van der Waals surface area contributed by atoms with Crippen LogP contribution in [0.4, 0.5) is 0 Å². The number of amides is 1. The molecule has 2 aromatic heterocycles. The van der Waals surface area contributed by atoms with Crippen molar-refractivity contribution in [3.63, 3.8) is 0 Å². The molecule has 2 aromatic rings. The lowest BCUT2D eigenvalue weighted by Crippen LogP contribution is -2.38. The SMILES string of the molecule is CC1CN(C(=O)c2cnc(-c3cccnc3)[nH]c2=O)CCCO1. The van der Waals surface area contributed by atoms with Gasteiger partial charge in [-0.3, -0.25) is 14.6 Å². The van der Waals surface area contributed by atoms with Crippen LogP contribution in [0.15, 0.2) is 35.5 Å². The molecular formula is C16H18N4O3. The molecule has 0 aliphatic carbocycles. The van der Waals surface area contributed by atoms with Crippen LogP contribution in [0.1, 0.15) is 23.7 Å². The Hall–Kier alpha value is -2.54. The molecule has 1 unspecified atom stereocenters. The molecule has 1 aliphatic rings. The first-order valence-corrected chi connectivity index (χ1v) is 7.56. The summed E-state index contributed by atoms with van der Waals surface area (Å²) >= 11 is 0. The van der Waals surface area contributed by atoms with Crippen LogP contribution in [0.2, 0.25) is 0 Å². The van der Waals surface area contributed by atoms with E-state index in [1.807, 2.05) is 6.92 Å². The van der Waals surface area contributed by atoms with E-state index in [0.717, 1.165) is 6.42 Å². The van der Waals surface area contributed by atoms with Gasteiger partial charge in [0.2, 0.25) is 0 Å². The van der Waals surface area contributed by atoms with E-state index in [-0.39, 0.29) is 17.6 Å². The number of aromatic amines is 1. The van der Waals surface area contributed by atoms with Crippen molar-refractivity contribution in [1.82, 2.24) is 19.9 Å². The molecule has 0 saturated carbocycles. The fourth-order valence-corrected chi connectivity index (χ4v) is 2.55. The summed E-state index contributed by atoms with van der Waals surface area (Å²) in [5, 5.41) is 0. The first-order chi connectivity index (χ1) is 11.1. The van der Waals surface area contributed by atoms with Gasteiger partial charge in [-0.1, -0.05) is 0 Å². The number of hydrogen-bond donors (Lipinski definition) is 1. The Morgan fingerprint density at radius 1 is 1.43 bits per heavy atom. The molecule has 120 valence electrons. The van der Waals surface area contributed by atoms with Crippen LogP contribution < -0.4 is 5.56 Å². The van der Waals surface area contributed by atoms with Crippen molar-refractivity contribution < 1.29 is 9.53 Å². The van der Waals surface area contributed by atoms with Gasteiger partial charge in [0.05, 0.1) is 6.10 Å². The fraction of sp³-hybridized carbons (Fsp3) is 0.375. The Bertz CT molecular complexity index is 744. The minimum absolute atomic E-state index is 0.0387. The Morgan fingerprint density at radius 2 is 2.30 bits per heavy atom. The van der Waals surface area contributed by atoms with Crippen molar-refractivity contribution in [2.75, 3.05) is 19.7 Å². The molecule has 0 bridgehead atoms. The van der Waals surface area contributed by atoms with Crippen molar-refractivity contribution >= 4 is 5.91 Å². The molecule has 7 heteroatoms. The number of nitrogens with zero attached hydrogens (tertiary/aromatic N) is 3. The summed E-state index contributed by atoms with van der Waals surface area (Å²) in [7, 11) is 0.